The third kappa shape index (κ3) is 3.87. The summed E-state index contributed by atoms with van der Waals surface area (Å²) >= 11 is 6.24. The summed E-state index contributed by atoms with van der Waals surface area (Å²) in [5.74, 6) is -0.00718. The molecule has 110 valence electrons. The van der Waals surface area contributed by atoms with Crippen LogP contribution in [-0.4, -0.2) is 44.0 Å². The van der Waals surface area contributed by atoms with Crippen molar-refractivity contribution in [3.05, 3.63) is 28.8 Å². The molecule has 1 aromatic rings. The van der Waals surface area contributed by atoms with Crippen molar-refractivity contribution in [2.45, 2.75) is 25.3 Å². The number of nitrogens with one attached hydrogen (secondary N) is 2. The number of halogens is 1. The molecule has 2 N–H and O–H groups in total. The van der Waals surface area contributed by atoms with Crippen molar-refractivity contribution in [3.8, 4) is 0 Å². The smallest absolute Gasteiger partial charge is 0.253 e. The molecule has 1 fully saturated rings. The van der Waals surface area contributed by atoms with E-state index in [9.17, 15) is 4.79 Å². The predicted octanol–water partition coefficient (Wildman–Crippen LogP) is 2.60. The van der Waals surface area contributed by atoms with Gasteiger partial charge in [0.2, 0.25) is 0 Å². The van der Waals surface area contributed by atoms with Gasteiger partial charge in [0, 0.05) is 25.7 Å². The molecule has 0 aromatic heterocycles. The second-order valence-corrected chi connectivity index (χ2v) is 5.82. The van der Waals surface area contributed by atoms with Gasteiger partial charge in [-0.15, -0.1) is 0 Å². The number of benzene rings is 1. The van der Waals surface area contributed by atoms with E-state index in [0.29, 0.717) is 16.6 Å². The number of hydrogen-bond acceptors (Lipinski definition) is 3. The molecule has 2 rings (SSSR count). The van der Waals surface area contributed by atoms with Crippen molar-refractivity contribution in [1.82, 2.24) is 10.2 Å². The number of nitrogens with zero attached hydrogens (tertiary/aromatic N) is 1. The number of hydrogen-bond donors (Lipinski definition) is 2. The van der Waals surface area contributed by atoms with Gasteiger partial charge in [-0.1, -0.05) is 11.6 Å². The number of rotatable bonds is 3. The molecule has 1 atom stereocenters. The fourth-order valence-corrected chi connectivity index (χ4v) is 2.58. The van der Waals surface area contributed by atoms with Crippen molar-refractivity contribution in [2.24, 2.45) is 0 Å². The van der Waals surface area contributed by atoms with E-state index in [1.54, 1.807) is 31.1 Å². The van der Waals surface area contributed by atoms with Crippen LogP contribution in [0.25, 0.3) is 0 Å². The minimum Gasteiger partial charge on any atom is -0.381 e. The van der Waals surface area contributed by atoms with E-state index < -0.39 is 0 Å². The zero-order valence-electron chi connectivity index (χ0n) is 12.1. The molecule has 0 saturated carbocycles. The zero-order chi connectivity index (χ0) is 14.5. The Morgan fingerprint density at radius 2 is 2.15 bits per heavy atom. The first-order valence-electron chi connectivity index (χ1n) is 7.06. The Morgan fingerprint density at radius 3 is 2.90 bits per heavy atom. The molecule has 1 heterocycles. The highest BCUT2D eigenvalue weighted by Gasteiger charge is 2.15. The summed E-state index contributed by atoms with van der Waals surface area (Å²) in [4.78, 5) is 13.6. The third-order valence-corrected chi connectivity index (χ3v) is 3.88. The Labute approximate surface area is 125 Å². The number of anilines is 1. The standard InChI is InChI=1S/C15H22ClN3O/c1-19(2)15(20)11-5-6-13(16)14(10-11)18-12-4-3-8-17-9-7-12/h5-6,10,12,17-18H,3-4,7-9H2,1-2H3. The molecule has 1 amide bonds. The average molecular weight is 296 g/mol. The van der Waals surface area contributed by atoms with E-state index >= 15 is 0 Å². The van der Waals surface area contributed by atoms with Gasteiger partial charge in [-0.25, -0.2) is 0 Å². The molecule has 0 aliphatic carbocycles. The maximum absolute atomic E-state index is 12.0. The summed E-state index contributed by atoms with van der Waals surface area (Å²) in [5, 5.41) is 7.53. The quantitative estimate of drug-likeness (QED) is 0.901. The lowest BCUT2D eigenvalue weighted by molar-refractivity contribution is 0.0827. The van der Waals surface area contributed by atoms with Crippen molar-refractivity contribution in [1.29, 1.82) is 0 Å². The lowest BCUT2D eigenvalue weighted by Crippen LogP contribution is -2.23. The number of amides is 1. The van der Waals surface area contributed by atoms with Crippen LogP contribution in [0.3, 0.4) is 0 Å². The van der Waals surface area contributed by atoms with E-state index in [1.807, 2.05) is 6.07 Å². The fraction of sp³-hybridized carbons (Fsp3) is 0.533. The van der Waals surface area contributed by atoms with Crippen LogP contribution in [0.1, 0.15) is 29.6 Å². The van der Waals surface area contributed by atoms with Gasteiger partial charge in [0.15, 0.2) is 0 Å². The van der Waals surface area contributed by atoms with Crippen molar-refractivity contribution in [3.63, 3.8) is 0 Å². The van der Waals surface area contributed by atoms with Gasteiger partial charge in [-0.3, -0.25) is 4.79 Å². The van der Waals surface area contributed by atoms with Gasteiger partial charge < -0.3 is 15.5 Å². The summed E-state index contributed by atoms with van der Waals surface area (Å²) in [5.41, 5.74) is 1.51. The summed E-state index contributed by atoms with van der Waals surface area (Å²) in [6.07, 6.45) is 3.35. The molecule has 0 bridgehead atoms. The molecule has 1 unspecified atom stereocenters. The fourth-order valence-electron chi connectivity index (χ4n) is 2.41. The SMILES string of the molecule is CN(C)C(=O)c1ccc(Cl)c(NC2CCCNCC2)c1. The first-order valence-corrected chi connectivity index (χ1v) is 7.44. The van der Waals surface area contributed by atoms with E-state index in [4.69, 9.17) is 11.6 Å². The highest BCUT2D eigenvalue weighted by molar-refractivity contribution is 6.33. The Hall–Kier alpha value is -1.26. The molecule has 1 aliphatic rings. The number of carbonyl (C=O) groups excluding carboxylic acids is 1. The molecular formula is C15H22ClN3O. The minimum absolute atomic E-state index is 0.00718. The molecule has 1 saturated heterocycles. The van der Waals surface area contributed by atoms with Crippen molar-refractivity contribution in [2.75, 3.05) is 32.5 Å². The predicted molar refractivity (Wildman–Crippen MR) is 83.6 cm³/mol. The lowest BCUT2D eigenvalue weighted by Gasteiger charge is -2.19. The van der Waals surface area contributed by atoms with Crippen LogP contribution in [0.4, 0.5) is 5.69 Å². The van der Waals surface area contributed by atoms with Gasteiger partial charge in [0.25, 0.3) is 5.91 Å². The van der Waals surface area contributed by atoms with Gasteiger partial charge in [-0.2, -0.15) is 0 Å². The maximum atomic E-state index is 12.0. The van der Waals surface area contributed by atoms with Gasteiger partial charge >= 0.3 is 0 Å². The van der Waals surface area contributed by atoms with Crippen LogP contribution in [-0.2, 0) is 0 Å². The molecule has 1 aromatic carbocycles. The third-order valence-electron chi connectivity index (χ3n) is 3.55. The van der Waals surface area contributed by atoms with E-state index in [1.165, 1.54) is 0 Å². The Morgan fingerprint density at radius 1 is 1.35 bits per heavy atom. The second kappa shape index (κ2) is 6.95. The summed E-state index contributed by atoms with van der Waals surface area (Å²) in [7, 11) is 3.50. The summed E-state index contributed by atoms with van der Waals surface area (Å²) in [6, 6.07) is 5.82. The highest BCUT2D eigenvalue weighted by atomic mass is 35.5. The zero-order valence-corrected chi connectivity index (χ0v) is 12.8. The van der Waals surface area contributed by atoms with Gasteiger partial charge in [-0.05, 0) is 50.6 Å². The maximum Gasteiger partial charge on any atom is 0.253 e. The topological polar surface area (TPSA) is 44.4 Å². The minimum atomic E-state index is -0.00718. The second-order valence-electron chi connectivity index (χ2n) is 5.42. The van der Waals surface area contributed by atoms with Crippen LogP contribution >= 0.6 is 11.6 Å². The monoisotopic (exact) mass is 295 g/mol. The molecule has 0 radical (unpaired) electrons. The first-order chi connectivity index (χ1) is 9.58. The number of carbonyl (C=O) groups is 1. The molecule has 5 heteroatoms. The normalized spacial score (nSPS) is 19.2. The molecule has 20 heavy (non-hydrogen) atoms. The Bertz CT molecular complexity index is 468. The molecule has 4 nitrogen and oxygen atoms in total. The Kier molecular flexibility index (Phi) is 5.26. The van der Waals surface area contributed by atoms with E-state index in [-0.39, 0.29) is 5.91 Å². The van der Waals surface area contributed by atoms with Crippen LogP contribution in [0, 0.1) is 0 Å². The largest absolute Gasteiger partial charge is 0.381 e. The van der Waals surface area contributed by atoms with Gasteiger partial charge in [0.1, 0.15) is 0 Å². The Balaban J connectivity index is 2.13. The van der Waals surface area contributed by atoms with Crippen LogP contribution in [0.5, 0.6) is 0 Å². The van der Waals surface area contributed by atoms with E-state index in [2.05, 4.69) is 10.6 Å². The van der Waals surface area contributed by atoms with Crippen LogP contribution < -0.4 is 10.6 Å². The van der Waals surface area contributed by atoms with Crippen molar-refractivity contribution >= 4 is 23.2 Å². The van der Waals surface area contributed by atoms with E-state index in [0.717, 1.165) is 38.0 Å². The highest BCUT2D eigenvalue weighted by Crippen LogP contribution is 2.25. The molecule has 0 spiro atoms. The van der Waals surface area contributed by atoms with Gasteiger partial charge in [0.05, 0.1) is 10.7 Å². The lowest BCUT2D eigenvalue weighted by atomic mass is 10.1. The average Bonchev–Trinajstić information content (AvgIpc) is 2.69. The summed E-state index contributed by atoms with van der Waals surface area (Å²) < 4.78 is 0. The van der Waals surface area contributed by atoms with Crippen molar-refractivity contribution < 1.29 is 4.79 Å². The molecule has 1 aliphatic heterocycles. The first kappa shape index (κ1) is 15.1. The van der Waals surface area contributed by atoms with Crippen LogP contribution in [0.2, 0.25) is 5.02 Å². The molecular weight excluding hydrogens is 274 g/mol. The van der Waals surface area contributed by atoms with Crippen LogP contribution in [0.15, 0.2) is 18.2 Å². The summed E-state index contributed by atoms with van der Waals surface area (Å²) in [6.45, 7) is 2.09.